The molecule has 0 saturated carbocycles. The summed E-state index contributed by atoms with van der Waals surface area (Å²) in [6.45, 7) is 0.0539. The van der Waals surface area contributed by atoms with Crippen molar-refractivity contribution < 1.29 is 28.5 Å². The molecule has 0 saturated heterocycles. The van der Waals surface area contributed by atoms with Gasteiger partial charge in [0.05, 0.1) is 35.1 Å². The van der Waals surface area contributed by atoms with Gasteiger partial charge in [0.25, 0.3) is 11.8 Å². The van der Waals surface area contributed by atoms with Gasteiger partial charge in [0.15, 0.2) is 23.0 Å². The first-order chi connectivity index (χ1) is 18.0. The third-order valence-corrected chi connectivity index (χ3v) is 6.01. The lowest BCUT2D eigenvalue weighted by atomic mass is 10.1. The Morgan fingerprint density at radius 3 is 2.78 bits per heavy atom. The summed E-state index contributed by atoms with van der Waals surface area (Å²) in [4.78, 5) is 24.4. The van der Waals surface area contributed by atoms with Crippen molar-refractivity contribution >= 4 is 40.6 Å². The summed E-state index contributed by atoms with van der Waals surface area (Å²) >= 11 is 2.11. The van der Waals surface area contributed by atoms with Crippen molar-refractivity contribution in [3.05, 3.63) is 80.4 Å². The van der Waals surface area contributed by atoms with E-state index in [-0.39, 0.29) is 19.9 Å². The number of benzene rings is 3. The number of ether oxygens (including phenoxy) is 4. The molecule has 2 amide bonds. The number of nitrogens with zero attached hydrogens (tertiary/aromatic N) is 2. The predicted octanol–water partition coefficient (Wildman–Crippen LogP) is 3.36. The van der Waals surface area contributed by atoms with Crippen LogP contribution in [0.25, 0.3) is 0 Å². The maximum atomic E-state index is 12.3. The number of hydrazone groups is 1. The molecule has 0 atom stereocenters. The highest BCUT2D eigenvalue weighted by atomic mass is 127. The van der Waals surface area contributed by atoms with Crippen molar-refractivity contribution in [2.24, 2.45) is 5.10 Å². The Kier molecular flexibility index (Phi) is 8.42. The number of carbonyl (C=O) groups is 2. The average Bonchev–Trinajstić information content (AvgIpc) is 3.39. The Bertz CT molecular complexity index is 1400. The molecule has 0 aromatic heterocycles. The van der Waals surface area contributed by atoms with E-state index in [0.717, 1.165) is 9.13 Å². The fourth-order valence-corrected chi connectivity index (χ4v) is 4.16. The zero-order chi connectivity index (χ0) is 26.2. The smallest absolute Gasteiger partial charge is 0.259 e. The molecule has 3 aromatic carbocycles. The SMILES string of the molecule is COc1cc(C=NNC(=O)CNC(=O)c2ccc3c(c2)OCO3)cc(I)c1OCc1ccccc1C#N. The van der Waals surface area contributed by atoms with Gasteiger partial charge >= 0.3 is 0 Å². The molecule has 0 aliphatic carbocycles. The van der Waals surface area contributed by atoms with Crippen LogP contribution in [-0.4, -0.2) is 38.5 Å². The predicted molar refractivity (Wildman–Crippen MR) is 142 cm³/mol. The van der Waals surface area contributed by atoms with Crippen molar-refractivity contribution in [3.8, 4) is 29.1 Å². The van der Waals surface area contributed by atoms with Gasteiger partial charge in [-0.1, -0.05) is 18.2 Å². The minimum absolute atomic E-state index is 0.109. The van der Waals surface area contributed by atoms with E-state index in [9.17, 15) is 14.9 Å². The van der Waals surface area contributed by atoms with Gasteiger partial charge in [-0.15, -0.1) is 0 Å². The van der Waals surface area contributed by atoms with Crippen molar-refractivity contribution in [2.45, 2.75) is 6.61 Å². The number of carbonyl (C=O) groups excluding carboxylic acids is 2. The molecule has 10 nitrogen and oxygen atoms in total. The number of rotatable bonds is 9. The third-order valence-electron chi connectivity index (χ3n) is 5.21. The standard InChI is InChI=1S/C26H21IN4O6/c1-34-23-9-16(8-20(27)25(23)35-14-19-5-3-2-4-18(19)11-28)12-30-31-24(32)13-29-26(33)17-6-7-21-22(10-17)37-15-36-21/h2-10,12H,13-15H2,1H3,(H,29,33)(H,31,32). The van der Waals surface area contributed by atoms with Crippen LogP contribution in [0.15, 0.2) is 59.7 Å². The first-order valence-electron chi connectivity index (χ1n) is 11.0. The summed E-state index contributed by atoms with van der Waals surface area (Å²) in [7, 11) is 1.52. The van der Waals surface area contributed by atoms with Gasteiger partial charge in [-0.3, -0.25) is 9.59 Å². The largest absolute Gasteiger partial charge is 0.493 e. The van der Waals surface area contributed by atoms with E-state index >= 15 is 0 Å². The highest BCUT2D eigenvalue weighted by Gasteiger charge is 2.17. The van der Waals surface area contributed by atoms with Crippen molar-refractivity contribution in [3.63, 3.8) is 0 Å². The summed E-state index contributed by atoms with van der Waals surface area (Å²) in [5.74, 6) is 1.13. The van der Waals surface area contributed by atoms with Gasteiger partial charge in [-0.05, 0) is 64.6 Å². The van der Waals surface area contributed by atoms with Crippen LogP contribution in [0.5, 0.6) is 23.0 Å². The highest BCUT2D eigenvalue weighted by Crippen LogP contribution is 2.34. The summed E-state index contributed by atoms with van der Waals surface area (Å²) < 4.78 is 22.6. The number of nitriles is 1. The maximum absolute atomic E-state index is 12.3. The average molecular weight is 612 g/mol. The Morgan fingerprint density at radius 2 is 1.97 bits per heavy atom. The molecule has 0 unspecified atom stereocenters. The molecule has 4 rings (SSSR count). The molecular weight excluding hydrogens is 591 g/mol. The van der Waals surface area contributed by atoms with Gasteiger partial charge in [0.1, 0.15) is 6.61 Å². The molecule has 1 aliphatic heterocycles. The van der Waals surface area contributed by atoms with Crippen LogP contribution in [0.3, 0.4) is 0 Å². The zero-order valence-corrected chi connectivity index (χ0v) is 21.8. The Balaban J connectivity index is 1.32. The fraction of sp³-hybridized carbons (Fsp3) is 0.154. The quantitative estimate of drug-likeness (QED) is 0.215. The van der Waals surface area contributed by atoms with E-state index in [0.29, 0.717) is 39.7 Å². The second-order valence-corrected chi connectivity index (χ2v) is 8.80. The molecule has 11 heteroatoms. The molecule has 1 aliphatic rings. The van der Waals surface area contributed by atoms with Gasteiger partial charge < -0.3 is 24.3 Å². The lowest BCUT2D eigenvalue weighted by Gasteiger charge is -2.14. The molecule has 3 aromatic rings. The van der Waals surface area contributed by atoms with Crippen LogP contribution >= 0.6 is 22.6 Å². The van der Waals surface area contributed by atoms with E-state index in [2.05, 4.69) is 44.5 Å². The molecular formula is C26H21IN4O6. The van der Waals surface area contributed by atoms with Crippen LogP contribution in [0.1, 0.15) is 27.0 Å². The number of methoxy groups -OCH3 is 1. The second kappa shape index (κ2) is 12.1. The number of fused-ring (bicyclic) bond motifs is 1. The summed E-state index contributed by atoms with van der Waals surface area (Å²) in [6.07, 6.45) is 1.46. The van der Waals surface area contributed by atoms with E-state index in [1.54, 1.807) is 36.4 Å². The number of hydrogen-bond donors (Lipinski definition) is 2. The van der Waals surface area contributed by atoms with Crippen LogP contribution in [0.4, 0.5) is 0 Å². The maximum Gasteiger partial charge on any atom is 0.259 e. The van der Waals surface area contributed by atoms with E-state index in [1.807, 2.05) is 18.2 Å². The molecule has 188 valence electrons. The van der Waals surface area contributed by atoms with Crippen molar-refractivity contribution in [1.29, 1.82) is 5.26 Å². The highest BCUT2D eigenvalue weighted by molar-refractivity contribution is 14.1. The molecule has 1 heterocycles. The molecule has 37 heavy (non-hydrogen) atoms. The van der Waals surface area contributed by atoms with Gasteiger partial charge in [-0.25, -0.2) is 5.43 Å². The third kappa shape index (κ3) is 6.47. The van der Waals surface area contributed by atoms with Gasteiger partial charge in [0, 0.05) is 11.1 Å². The Morgan fingerprint density at radius 1 is 1.16 bits per heavy atom. The normalized spacial score (nSPS) is 11.6. The monoisotopic (exact) mass is 612 g/mol. The summed E-state index contributed by atoms with van der Waals surface area (Å²) in [5, 5.41) is 15.8. The Hall–Kier alpha value is -4.31. The van der Waals surface area contributed by atoms with E-state index in [1.165, 1.54) is 13.3 Å². The van der Waals surface area contributed by atoms with Gasteiger partial charge in [-0.2, -0.15) is 10.4 Å². The molecule has 0 radical (unpaired) electrons. The Labute approximate surface area is 226 Å². The summed E-state index contributed by atoms with van der Waals surface area (Å²) in [6, 6.07) is 17.7. The molecule has 0 bridgehead atoms. The van der Waals surface area contributed by atoms with Crippen LogP contribution in [-0.2, 0) is 11.4 Å². The van der Waals surface area contributed by atoms with Crippen molar-refractivity contribution in [2.75, 3.05) is 20.4 Å². The van der Waals surface area contributed by atoms with Crippen LogP contribution < -0.4 is 29.7 Å². The first kappa shape index (κ1) is 25.8. The number of nitrogens with one attached hydrogen (secondary N) is 2. The minimum atomic E-state index is -0.497. The lowest BCUT2D eigenvalue weighted by Crippen LogP contribution is -2.34. The second-order valence-electron chi connectivity index (χ2n) is 7.64. The number of hydrogen-bond acceptors (Lipinski definition) is 8. The van der Waals surface area contributed by atoms with Crippen LogP contribution in [0, 0.1) is 14.9 Å². The van der Waals surface area contributed by atoms with E-state index in [4.69, 9.17) is 18.9 Å². The molecule has 2 N–H and O–H groups in total. The first-order valence-corrected chi connectivity index (χ1v) is 12.0. The lowest BCUT2D eigenvalue weighted by molar-refractivity contribution is -0.120. The topological polar surface area (TPSA) is 131 Å². The van der Waals surface area contributed by atoms with E-state index < -0.39 is 11.8 Å². The number of amides is 2. The minimum Gasteiger partial charge on any atom is -0.493 e. The number of halogens is 1. The van der Waals surface area contributed by atoms with Crippen LogP contribution in [0.2, 0.25) is 0 Å². The molecule has 0 spiro atoms. The zero-order valence-electron chi connectivity index (χ0n) is 19.6. The van der Waals surface area contributed by atoms with Crippen molar-refractivity contribution in [1.82, 2.24) is 10.7 Å². The summed E-state index contributed by atoms with van der Waals surface area (Å²) in [5.41, 5.74) is 4.70. The molecule has 0 fully saturated rings. The van der Waals surface area contributed by atoms with Gasteiger partial charge in [0.2, 0.25) is 6.79 Å². The fourth-order valence-electron chi connectivity index (χ4n) is 3.38.